The third-order valence-corrected chi connectivity index (χ3v) is 5.12. The highest BCUT2D eigenvalue weighted by Gasteiger charge is 2.42. The molecule has 1 saturated heterocycles. The first-order valence-corrected chi connectivity index (χ1v) is 9.05. The molecule has 7 nitrogen and oxygen atoms in total. The fourth-order valence-electron chi connectivity index (χ4n) is 3.65. The van der Waals surface area contributed by atoms with Crippen molar-refractivity contribution >= 4 is 23.7 Å². The molecule has 0 aromatic heterocycles. The van der Waals surface area contributed by atoms with E-state index in [4.69, 9.17) is 4.74 Å². The molecule has 144 valence electrons. The Hall–Kier alpha value is -2.70. The number of hydrogen-bond donors (Lipinski definition) is 0. The molecule has 0 saturated carbocycles. The molecule has 0 unspecified atom stereocenters. The first-order valence-electron chi connectivity index (χ1n) is 9.05. The first kappa shape index (κ1) is 19.1. The Morgan fingerprint density at radius 3 is 2.19 bits per heavy atom. The smallest absolute Gasteiger partial charge is 0.308 e. The third kappa shape index (κ3) is 3.34. The van der Waals surface area contributed by atoms with Gasteiger partial charge in [-0.2, -0.15) is 0 Å². The number of methoxy groups -OCH3 is 1. The number of carbonyl (C=O) groups excluding carboxylic acids is 4. The van der Waals surface area contributed by atoms with E-state index in [1.165, 1.54) is 18.1 Å². The minimum absolute atomic E-state index is 0.182. The lowest BCUT2D eigenvalue weighted by atomic mass is 9.96. The maximum absolute atomic E-state index is 12.8. The van der Waals surface area contributed by atoms with Crippen molar-refractivity contribution in [3.63, 3.8) is 0 Å². The van der Waals surface area contributed by atoms with Crippen LogP contribution in [0.3, 0.4) is 0 Å². The SMILES string of the molecule is COC(=O)C1CCN(C(=O)c2ccc3c(c2)C(=O)N(C(C)(C)C)C3=O)CC1. The fraction of sp³-hybridized carbons (Fsp3) is 0.500. The summed E-state index contributed by atoms with van der Waals surface area (Å²) < 4.78 is 4.76. The quantitative estimate of drug-likeness (QED) is 0.586. The lowest BCUT2D eigenvalue weighted by Gasteiger charge is -2.30. The van der Waals surface area contributed by atoms with Crippen LogP contribution in [0, 0.1) is 5.92 Å². The fourth-order valence-corrected chi connectivity index (χ4v) is 3.65. The molecular formula is C20H24N2O5. The molecule has 27 heavy (non-hydrogen) atoms. The molecule has 2 heterocycles. The molecule has 7 heteroatoms. The van der Waals surface area contributed by atoms with Gasteiger partial charge >= 0.3 is 5.97 Å². The highest BCUT2D eigenvalue weighted by atomic mass is 16.5. The summed E-state index contributed by atoms with van der Waals surface area (Å²) in [5, 5.41) is 0. The van der Waals surface area contributed by atoms with Gasteiger partial charge in [0.1, 0.15) is 0 Å². The lowest BCUT2D eigenvalue weighted by molar-refractivity contribution is -0.146. The second kappa shape index (κ2) is 6.79. The molecule has 0 radical (unpaired) electrons. The number of hydrogen-bond acceptors (Lipinski definition) is 5. The van der Waals surface area contributed by atoms with Crippen LogP contribution in [0.5, 0.6) is 0 Å². The van der Waals surface area contributed by atoms with Gasteiger partial charge in [-0.15, -0.1) is 0 Å². The van der Waals surface area contributed by atoms with Crippen molar-refractivity contribution in [3.05, 3.63) is 34.9 Å². The molecule has 3 rings (SSSR count). The van der Waals surface area contributed by atoms with Crippen molar-refractivity contribution in [3.8, 4) is 0 Å². The van der Waals surface area contributed by atoms with E-state index in [2.05, 4.69) is 0 Å². The summed E-state index contributed by atoms with van der Waals surface area (Å²) in [6.45, 7) is 6.30. The molecule has 2 aliphatic heterocycles. The van der Waals surface area contributed by atoms with Crippen molar-refractivity contribution in [1.29, 1.82) is 0 Å². The molecule has 2 aliphatic rings. The molecule has 1 aromatic rings. The van der Waals surface area contributed by atoms with Gasteiger partial charge in [-0.05, 0) is 51.8 Å². The van der Waals surface area contributed by atoms with Gasteiger partial charge in [0.05, 0.1) is 24.2 Å². The maximum atomic E-state index is 12.8. The number of piperidine rings is 1. The van der Waals surface area contributed by atoms with Crippen molar-refractivity contribution in [1.82, 2.24) is 9.80 Å². The van der Waals surface area contributed by atoms with E-state index in [1.54, 1.807) is 37.8 Å². The van der Waals surface area contributed by atoms with Crippen LogP contribution in [0.15, 0.2) is 18.2 Å². The Morgan fingerprint density at radius 1 is 1.04 bits per heavy atom. The molecule has 0 N–H and O–H groups in total. The summed E-state index contributed by atoms with van der Waals surface area (Å²) in [4.78, 5) is 52.5. The second-order valence-corrected chi connectivity index (χ2v) is 7.97. The zero-order valence-corrected chi connectivity index (χ0v) is 16.1. The van der Waals surface area contributed by atoms with E-state index in [0.29, 0.717) is 37.1 Å². The van der Waals surface area contributed by atoms with Crippen molar-refractivity contribution in [2.45, 2.75) is 39.2 Å². The molecule has 0 bridgehead atoms. The van der Waals surface area contributed by atoms with E-state index in [-0.39, 0.29) is 35.2 Å². The van der Waals surface area contributed by atoms with E-state index in [9.17, 15) is 19.2 Å². The summed E-state index contributed by atoms with van der Waals surface area (Å²) >= 11 is 0. The lowest BCUT2D eigenvalue weighted by Crippen LogP contribution is -2.45. The highest BCUT2D eigenvalue weighted by molar-refractivity contribution is 6.22. The van der Waals surface area contributed by atoms with Crippen LogP contribution in [-0.2, 0) is 9.53 Å². The Kier molecular flexibility index (Phi) is 4.80. The Morgan fingerprint density at radius 2 is 1.63 bits per heavy atom. The van der Waals surface area contributed by atoms with Crippen molar-refractivity contribution < 1.29 is 23.9 Å². The minimum Gasteiger partial charge on any atom is -0.469 e. The van der Waals surface area contributed by atoms with Gasteiger partial charge in [0.2, 0.25) is 0 Å². The van der Waals surface area contributed by atoms with Crippen LogP contribution in [0.1, 0.15) is 64.7 Å². The summed E-state index contributed by atoms with van der Waals surface area (Å²) in [6.07, 6.45) is 1.11. The van der Waals surface area contributed by atoms with E-state index in [0.717, 1.165) is 0 Å². The largest absolute Gasteiger partial charge is 0.469 e. The summed E-state index contributed by atoms with van der Waals surface area (Å²) in [5.74, 6) is -1.33. The van der Waals surface area contributed by atoms with Crippen molar-refractivity contribution in [2.75, 3.05) is 20.2 Å². The predicted octanol–water partition coefficient (Wildman–Crippen LogP) is 2.11. The monoisotopic (exact) mass is 372 g/mol. The average Bonchev–Trinajstić information content (AvgIpc) is 2.90. The number of benzene rings is 1. The number of imide groups is 1. The van der Waals surface area contributed by atoms with Gasteiger partial charge in [0.15, 0.2) is 0 Å². The van der Waals surface area contributed by atoms with Crippen LogP contribution >= 0.6 is 0 Å². The highest BCUT2D eigenvalue weighted by Crippen LogP contribution is 2.30. The van der Waals surface area contributed by atoms with Gasteiger partial charge in [0.25, 0.3) is 17.7 Å². The molecule has 0 atom stereocenters. The van der Waals surface area contributed by atoms with Crippen LogP contribution in [0.2, 0.25) is 0 Å². The minimum atomic E-state index is -0.632. The number of nitrogens with zero attached hydrogens (tertiary/aromatic N) is 2. The molecule has 1 fully saturated rings. The van der Waals surface area contributed by atoms with Crippen LogP contribution in [-0.4, -0.2) is 59.2 Å². The number of likely N-dealkylation sites (tertiary alicyclic amines) is 1. The standard InChI is InChI=1S/C20H24N2O5/c1-20(2,3)22-17(24)14-6-5-13(11-15(14)18(22)25)16(23)21-9-7-12(8-10-21)19(26)27-4/h5-6,11-12H,7-10H2,1-4H3. The van der Waals surface area contributed by atoms with E-state index < -0.39 is 5.54 Å². The second-order valence-electron chi connectivity index (χ2n) is 7.97. The van der Waals surface area contributed by atoms with E-state index in [1.807, 2.05) is 0 Å². The van der Waals surface area contributed by atoms with Crippen molar-refractivity contribution in [2.24, 2.45) is 5.92 Å². The Balaban J connectivity index is 1.78. The van der Waals surface area contributed by atoms with Gasteiger partial charge < -0.3 is 9.64 Å². The summed E-state index contributed by atoms with van der Waals surface area (Å²) in [7, 11) is 1.36. The summed E-state index contributed by atoms with van der Waals surface area (Å²) in [6, 6.07) is 4.65. The normalized spacial score (nSPS) is 17.9. The Bertz CT molecular complexity index is 816. The van der Waals surface area contributed by atoms with Gasteiger partial charge in [-0.1, -0.05) is 0 Å². The topological polar surface area (TPSA) is 84.0 Å². The molecular weight excluding hydrogens is 348 g/mol. The Labute approximate surface area is 158 Å². The summed E-state index contributed by atoms with van der Waals surface area (Å²) in [5.41, 5.74) is 0.343. The zero-order valence-electron chi connectivity index (χ0n) is 16.1. The maximum Gasteiger partial charge on any atom is 0.308 e. The number of fused-ring (bicyclic) bond motifs is 1. The number of esters is 1. The van der Waals surface area contributed by atoms with Crippen LogP contribution in [0.4, 0.5) is 0 Å². The predicted molar refractivity (Wildman–Crippen MR) is 97.3 cm³/mol. The average molecular weight is 372 g/mol. The van der Waals surface area contributed by atoms with E-state index >= 15 is 0 Å². The van der Waals surface area contributed by atoms with Crippen LogP contribution in [0.25, 0.3) is 0 Å². The van der Waals surface area contributed by atoms with Gasteiger partial charge in [0, 0.05) is 24.2 Å². The first-order chi connectivity index (χ1) is 12.6. The number of amides is 3. The number of rotatable bonds is 2. The molecule has 3 amide bonds. The zero-order chi connectivity index (χ0) is 19.9. The van der Waals surface area contributed by atoms with Gasteiger partial charge in [-0.3, -0.25) is 24.1 Å². The molecule has 0 aliphatic carbocycles. The van der Waals surface area contributed by atoms with Crippen LogP contribution < -0.4 is 0 Å². The van der Waals surface area contributed by atoms with Gasteiger partial charge in [-0.25, -0.2) is 0 Å². The number of ether oxygens (including phenoxy) is 1. The molecule has 0 spiro atoms. The number of carbonyl (C=O) groups is 4. The third-order valence-electron chi connectivity index (χ3n) is 5.12. The molecule has 1 aromatic carbocycles.